The zero-order chi connectivity index (χ0) is 25.9. The monoisotopic (exact) mass is 497 g/mol. The maximum absolute atomic E-state index is 15.6. The van der Waals surface area contributed by atoms with E-state index in [2.05, 4.69) is 10.4 Å². The van der Waals surface area contributed by atoms with E-state index in [0.29, 0.717) is 55.5 Å². The third kappa shape index (κ3) is 5.88. The minimum atomic E-state index is -0.762. The van der Waals surface area contributed by atoms with Crippen LogP contribution < -0.4 is 20.7 Å². The number of nitrogen functional groups attached to an aromatic ring is 1. The standard InChI is InChI=1S/C26H32FN5O4/c1-26(2,3)36-25(33)30-23-20(13-18(14-21(23)27)31-9-11-35-12-10-31)24-22(28)15-29-32(24)16-17-5-7-19(34-4)8-6-17/h5-8,13-15H,9-12,16,28H2,1-4H3,(H,30,33). The Balaban J connectivity index is 1.78. The van der Waals surface area contributed by atoms with Gasteiger partial charge in [-0.2, -0.15) is 5.10 Å². The van der Waals surface area contributed by atoms with E-state index < -0.39 is 17.5 Å². The molecule has 192 valence electrons. The van der Waals surface area contributed by atoms with Gasteiger partial charge in [0.2, 0.25) is 0 Å². The number of carbonyl (C=O) groups excluding carboxylic acids is 1. The Morgan fingerprint density at radius 3 is 2.53 bits per heavy atom. The zero-order valence-electron chi connectivity index (χ0n) is 21.0. The molecule has 0 saturated carbocycles. The minimum Gasteiger partial charge on any atom is -0.497 e. The van der Waals surface area contributed by atoms with Crippen LogP contribution >= 0.6 is 0 Å². The highest BCUT2D eigenvalue weighted by molar-refractivity contribution is 5.94. The molecular weight excluding hydrogens is 465 g/mol. The molecule has 4 rings (SSSR count). The van der Waals surface area contributed by atoms with Gasteiger partial charge in [0, 0.05) is 24.3 Å². The van der Waals surface area contributed by atoms with Crippen molar-refractivity contribution < 1.29 is 23.4 Å². The number of aromatic nitrogens is 2. The van der Waals surface area contributed by atoms with Gasteiger partial charge >= 0.3 is 6.09 Å². The van der Waals surface area contributed by atoms with Gasteiger partial charge in [-0.05, 0) is 50.6 Å². The molecule has 0 radical (unpaired) electrons. The molecule has 1 amide bonds. The Morgan fingerprint density at radius 2 is 1.89 bits per heavy atom. The van der Waals surface area contributed by atoms with Crippen molar-refractivity contribution in [3.05, 3.63) is 54.0 Å². The molecule has 1 aliphatic rings. The van der Waals surface area contributed by atoms with Crippen molar-refractivity contribution in [3.63, 3.8) is 0 Å². The van der Waals surface area contributed by atoms with Crippen molar-refractivity contribution in [2.24, 2.45) is 0 Å². The molecule has 0 aliphatic carbocycles. The third-order valence-electron chi connectivity index (χ3n) is 5.69. The van der Waals surface area contributed by atoms with E-state index in [0.717, 1.165) is 11.3 Å². The van der Waals surface area contributed by atoms with E-state index in [1.165, 1.54) is 12.3 Å². The lowest BCUT2D eigenvalue weighted by Crippen LogP contribution is -2.36. The molecule has 1 aromatic heterocycles. The van der Waals surface area contributed by atoms with Gasteiger partial charge in [0.15, 0.2) is 0 Å². The largest absolute Gasteiger partial charge is 0.497 e. The Hall–Kier alpha value is -3.79. The second-order valence-electron chi connectivity index (χ2n) is 9.53. The average Bonchev–Trinajstić information content (AvgIpc) is 3.19. The van der Waals surface area contributed by atoms with Gasteiger partial charge in [-0.15, -0.1) is 0 Å². The minimum absolute atomic E-state index is 0.0237. The second-order valence-corrected chi connectivity index (χ2v) is 9.53. The summed E-state index contributed by atoms with van der Waals surface area (Å²) in [7, 11) is 1.61. The van der Waals surface area contributed by atoms with Crippen LogP contribution in [-0.4, -0.2) is 54.9 Å². The number of morpholine rings is 1. The van der Waals surface area contributed by atoms with Gasteiger partial charge < -0.3 is 24.8 Å². The van der Waals surface area contributed by atoms with E-state index in [9.17, 15) is 4.79 Å². The predicted molar refractivity (Wildman–Crippen MR) is 137 cm³/mol. The lowest BCUT2D eigenvalue weighted by Gasteiger charge is -2.30. The highest BCUT2D eigenvalue weighted by Crippen LogP contribution is 2.38. The normalized spacial score (nSPS) is 14.0. The number of halogens is 1. The summed E-state index contributed by atoms with van der Waals surface area (Å²) in [6, 6.07) is 10.8. The van der Waals surface area contributed by atoms with E-state index in [-0.39, 0.29) is 5.69 Å². The highest BCUT2D eigenvalue weighted by Gasteiger charge is 2.25. The Labute approximate surface area is 209 Å². The van der Waals surface area contributed by atoms with Gasteiger partial charge in [-0.1, -0.05) is 12.1 Å². The van der Waals surface area contributed by atoms with Crippen LogP contribution in [0.1, 0.15) is 26.3 Å². The first-order valence-corrected chi connectivity index (χ1v) is 11.8. The topological polar surface area (TPSA) is 104 Å². The Bertz CT molecular complexity index is 1210. The number of nitrogens with zero attached hydrogens (tertiary/aromatic N) is 3. The number of benzene rings is 2. The van der Waals surface area contributed by atoms with Gasteiger partial charge in [0.1, 0.15) is 17.2 Å². The molecule has 36 heavy (non-hydrogen) atoms. The van der Waals surface area contributed by atoms with E-state index in [1.54, 1.807) is 32.6 Å². The number of hydrogen-bond acceptors (Lipinski definition) is 7. The molecule has 2 heterocycles. The molecule has 0 spiro atoms. The molecule has 1 aliphatic heterocycles. The summed E-state index contributed by atoms with van der Waals surface area (Å²) in [5.41, 5.74) is 8.45. The number of anilines is 3. The number of nitrogens with two attached hydrogens (primary N) is 1. The van der Waals surface area contributed by atoms with Gasteiger partial charge in [0.05, 0.1) is 50.1 Å². The van der Waals surface area contributed by atoms with Gasteiger partial charge in [-0.25, -0.2) is 9.18 Å². The van der Waals surface area contributed by atoms with Crippen LogP contribution in [0.15, 0.2) is 42.6 Å². The fourth-order valence-corrected chi connectivity index (χ4v) is 4.03. The lowest BCUT2D eigenvalue weighted by molar-refractivity contribution is 0.0635. The first-order chi connectivity index (χ1) is 17.1. The lowest BCUT2D eigenvalue weighted by atomic mass is 10.0. The van der Waals surface area contributed by atoms with E-state index in [1.807, 2.05) is 35.2 Å². The molecule has 3 N–H and O–H groups in total. The molecule has 0 unspecified atom stereocenters. The van der Waals surface area contributed by atoms with Crippen LogP contribution in [0.5, 0.6) is 5.75 Å². The van der Waals surface area contributed by atoms with Crippen molar-refractivity contribution in [2.45, 2.75) is 32.9 Å². The summed E-state index contributed by atoms with van der Waals surface area (Å²) in [4.78, 5) is 14.7. The van der Waals surface area contributed by atoms with Crippen molar-refractivity contribution >= 4 is 23.2 Å². The first kappa shape index (κ1) is 25.3. The van der Waals surface area contributed by atoms with Crippen LogP contribution in [0.3, 0.4) is 0 Å². The quantitative estimate of drug-likeness (QED) is 0.516. The zero-order valence-corrected chi connectivity index (χ0v) is 21.0. The number of methoxy groups -OCH3 is 1. The Kier molecular flexibility index (Phi) is 7.35. The average molecular weight is 498 g/mol. The summed E-state index contributed by atoms with van der Waals surface area (Å²) in [6.07, 6.45) is 0.761. The van der Waals surface area contributed by atoms with Crippen LogP contribution in [0.2, 0.25) is 0 Å². The maximum atomic E-state index is 15.6. The van der Waals surface area contributed by atoms with Crippen LogP contribution in [0.4, 0.5) is 26.2 Å². The molecule has 3 aromatic rings. The number of carbonyl (C=O) groups is 1. The maximum Gasteiger partial charge on any atom is 0.412 e. The van der Waals surface area contributed by atoms with Crippen molar-refractivity contribution in [3.8, 4) is 17.0 Å². The van der Waals surface area contributed by atoms with Crippen LogP contribution in [0, 0.1) is 5.82 Å². The highest BCUT2D eigenvalue weighted by atomic mass is 19.1. The molecule has 0 atom stereocenters. The molecular formula is C26H32FN5O4. The van der Waals surface area contributed by atoms with Gasteiger partial charge in [0.25, 0.3) is 0 Å². The SMILES string of the molecule is COc1ccc(Cn2ncc(N)c2-c2cc(N3CCOCC3)cc(F)c2NC(=O)OC(C)(C)C)cc1. The molecule has 10 heteroatoms. The van der Waals surface area contributed by atoms with E-state index >= 15 is 4.39 Å². The predicted octanol–water partition coefficient (Wildman–Crippen LogP) is 4.51. The fraction of sp³-hybridized carbons (Fsp3) is 0.385. The van der Waals surface area contributed by atoms with E-state index in [4.69, 9.17) is 19.9 Å². The first-order valence-electron chi connectivity index (χ1n) is 11.8. The summed E-state index contributed by atoms with van der Waals surface area (Å²) in [5.74, 6) is 0.138. The summed E-state index contributed by atoms with van der Waals surface area (Å²) >= 11 is 0. The van der Waals surface area contributed by atoms with Gasteiger partial charge in [-0.3, -0.25) is 10.00 Å². The van der Waals surface area contributed by atoms with Crippen molar-refractivity contribution in [1.29, 1.82) is 0 Å². The summed E-state index contributed by atoms with van der Waals surface area (Å²) < 4.78 is 33.4. The molecule has 2 aromatic carbocycles. The number of amides is 1. The third-order valence-corrected chi connectivity index (χ3v) is 5.69. The second kappa shape index (κ2) is 10.4. The number of rotatable bonds is 6. The van der Waals surface area contributed by atoms with Crippen molar-refractivity contribution in [2.75, 3.05) is 49.4 Å². The van der Waals surface area contributed by atoms with Crippen LogP contribution in [-0.2, 0) is 16.0 Å². The summed E-state index contributed by atoms with van der Waals surface area (Å²) in [6.45, 7) is 7.95. The molecule has 1 fully saturated rings. The van der Waals surface area contributed by atoms with Crippen molar-refractivity contribution in [1.82, 2.24) is 9.78 Å². The molecule has 9 nitrogen and oxygen atoms in total. The fourth-order valence-electron chi connectivity index (χ4n) is 4.03. The van der Waals surface area contributed by atoms with Crippen LogP contribution in [0.25, 0.3) is 11.3 Å². The smallest absolute Gasteiger partial charge is 0.412 e. The molecule has 0 bridgehead atoms. The molecule has 1 saturated heterocycles. The number of nitrogens with one attached hydrogen (secondary N) is 1. The number of hydrogen-bond donors (Lipinski definition) is 2. The number of ether oxygens (including phenoxy) is 3. The Morgan fingerprint density at radius 1 is 1.19 bits per heavy atom. The summed E-state index contributed by atoms with van der Waals surface area (Å²) in [5, 5.41) is 7.04.